The quantitative estimate of drug-likeness (QED) is 0.915. The van der Waals surface area contributed by atoms with E-state index in [1.54, 1.807) is 0 Å². The summed E-state index contributed by atoms with van der Waals surface area (Å²) >= 11 is 3.40. The minimum Gasteiger partial charge on any atom is -0.306 e. The number of halogens is 1. The fourth-order valence-corrected chi connectivity index (χ4v) is 2.56. The van der Waals surface area contributed by atoms with E-state index in [1.165, 1.54) is 32.1 Å². The average Bonchev–Trinajstić information content (AvgIpc) is 2.29. The lowest BCUT2D eigenvalue weighted by Crippen LogP contribution is -2.43. The predicted octanol–water partition coefficient (Wildman–Crippen LogP) is 3.66. The molecule has 0 radical (unpaired) electrons. The van der Waals surface area contributed by atoms with Gasteiger partial charge < -0.3 is 5.32 Å². The van der Waals surface area contributed by atoms with Crippen molar-refractivity contribution in [1.29, 1.82) is 0 Å². The third kappa shape index (κ3) is 3.29. The molecule has 2 nitrogen and oxygen atoms in total. The Hall–Kier alpha value is -0.410. The van der Waals surface area contributed by atoms with Gasteiger partial charge in [-0.2, -0.15) is 0 Å². The molecule has 1 aliphatic rings. The van der Waals surface area contributed by atoms with Crippen molar-refractivity contribution in [3.63, 3.8) is 0 Å². The Balaban J connectivity index is 1.88. The average molecular weight is 283 g/mol. The minimum atomic E-state index is 0.326. The predicted molar refractivity (Wildman–Crippen MR) is 70.3 cm³/mol. The highest BCUT2D eigenvalue weighted by molar-refractivity contribution is 9.10. The van der Waals surface area contributed by atoms with Gasteiger partial charge in [0, 0.05) is 22.8 Å². The molecule has 88 valence electrons. The van der Waals surface area contributed by atoms with Gasteiger partial charge in [0.15, 0.2) is 0 Å². The zero-order valence-electron chi connectivity index (χ0n) is 9.80. The van der Waals surface area contributed by atoms with Crippen LogP contribution in [0.2, 0.25) is 0 Å². The van der Waals surface area contributed by atoms with Crippen LogP contribution in [0, 0.1) is 0 Å². The van der Waals surface area contributed by atoms with Gasteiger partial charge in [-0.25, -0.2) is 0 Å². The lowest BCUT2D eigenvalue weighted by atomic mass is 9.83. The smallest absolute Gasteiger partial charge is 0.0542 e. The maximum atomic E-state index is 4.38. The summed E-state index contributed by atoms with van der Waals surface area (Å²) in [6.07, 6.45) is 8.57. The Bertz CT molecular complexity index is 328. The van der Waals surface area contributed by atoms with Crippen molar-refractivity contribution in [3.05, 3.63) is 28.5 Å². The summed E-state index contributed by atoms with van der Waals surface area (Å²) in [6, 6.07) is 4.12. The topological polar surface area (TPSA) is 24.9 Å². The number of aromatic nitrogens is 1. The minimum absolute atomic E-state index is 0.326. The van der Waals surface area contributed by atoms with E-state index in [2.05, 4.69) is 39.2 Å². The molecule has 2 rings (SSSR count). The highest BCUT2D eigenvalue weighted by Crippen LogP contribution is 2.27. The molecule has 1 heterocycles. The second-order valence-electron chi connectivity index (χ2n) is 4.94. The molecule has 0 aromatic carbocycles. The standard InChI is InChI=1S/C13H19BrN2/c1-13(7-3-2-4-8-13)16-10-12-6-5-11(14)9-15-12/h5-6,9,16H,2-4,7-8,10H2,1H3. The third-order valence-electron chi connectivity index (χ3n) is 3.44. The first-order valence-corrected chi connectivity index (χ1v) is 6.83. The number of hydrogen-bond donors (Lipinski definition) is 1. The summed E-state index contributed by atoms with van der Waals surface area (Å²) in [4.78, 5) is 4.38. The van der Waals surface area contributed by atoms with Crippen LogP contribution < -0.4 is 5.32 Å². The molecule has 0 unspecified atom stereocenters. The van der Waals surface area contributed by atoms with Crippen molar-refractivity contribution in [1.82, 2.24) is 10.3 Å². The molecule has 0 amide bonds. The summed E-state index contributed by atoms with van der Waals surface area (Å²) in [5, 5.41) is 3.66. The summed E-state index contributed by atoms with van der Waals surface area (Å²) in [5.74, 6) is 0. The van der Waals surface area contributed by atoms with Crippen LogP contribution in [0.4, 0.5) is 0 Å². The molecule has 1 N–H and O–H groups in total. The van der Waals surface area contributed by atoms with Gasteiger partial charge >= 0.3 is 0 Å². The molecule has 0 saturated heterocycles. The van der Waals surface area contributed by atoms with Gasteiger partial charge in [0.05, 0.1) is 5.69 Å². The van der Waals surface area contributed by atoms with Crippen molar-refractivity contribution in [2.45, 2.75) is 51.1 Å². The molecule has 1 aromatic heterocycles. The first kappa shape index (κ1) is 12.1. The maximum Gasteiger partial charge on any atom is 0.0542 e. The first-order valence-electron chi connectivity index (χ1n) is 6.03. The van der Waals surface area contributed by atoms with Crippen LogP contribution >= 0.6 is 15.9 Å². The molecule has 3 heteroatoms. The molecule has 1 aromatic rings. The van der Waals surface area contributed by atoms with Crippen molar-refractivity contribution in [2.24, 2.45) is 0 Å². The van der Waals surface area contributed by atoms with Crippen molar-refractivity contribution in [3.8, 4) is 0 Å². The molecular weight excluding hydrogens is 264 g/mol. The summed E-state index contributed by atoms with van der Waals surface area (Å²) in [7, 11) is 0. The molecule has 0 aliphatic heterocycles. The first-order chi connectivity index (χ1) is 7.68. The van der Waals surface area contributed by atoms with Gasteiger partial charge in [-0.05, 0) is 47.8 Å². The van der Waals surface area contributed by atoms with Crippen LogP contribution in [-0.4, -0.2) is 10.5 Å². The number of nitrogens with zero attached hydrogens (tertiary/aromatic N) is 1. The fraction of sp³-hybridized carbons (Fsp3) is 0.615. The Morgan fingerprint density at radius 2 is 2.06 bits per heavy atom. The Morgan fingerprint density at radius 1 is 1.31 bits per heavy atom. The van der Waals surface area contributed by atoms with Crippen molar-refractivity contribution < 1.29 is 0 Å². The van der Waals surface area contributed by atoms with E-state index in [0.29, 0.717) is 5.54 Å². The Kier molecular flexibility index (Phi) is 3.98. The van der Waals surface area contributed by atoms with Crippen LogP contribution in [-0.2, 0) is 6.54 Å². The fourth-order valence-electron chi connectivity index (χ4n) is 2.32. The Morgan fingerprint density at radius 3 is 2.69 bits per heavy atom. The lowest BCUT2D eigenvalue weighted by molar-refractivity contribution is 0.251. The van der Waals surface area contributed by atoms with Gasteiger partial charge in [0.1, 0.15) is 0 Å². The summed E-state index contributed by atoms with van der Waals surface area (Å²) < 4.78 is 1.04. The second kappa shape index (κ2) is 5.28. The molecule has 1 aliphatic carbocycles. The van der Waals surface area contributed by atoms with E-state index in [9.17, 15) is 0 Å². The number of hydrogen-bond acceptors (Lipinski definition) is 2. The monoisotopic (exact) mass is 282 g/mol. The van der Waals surface area contributed by atoms with Crippen molar-refractivity contribution in [2.75, 3.05) is 0 Å². The lowest BCUT2D eigenvalue weighted by Gasteiger charge is -2.34. The molecule has 0 spiro atoms. The van der Waals surface area contributed by atoms with Crippen LogP contribution in [0.3, 0.4) is 0 Å². The normalized spacial score (nSPS) is 19.6. The number of rotatable bonds is 3. The van der Waals surface area contributed by atoms with Crippen LogP contribution in [0.1, 0.15) is 44.7 Å². The summed E-state index contributed by atoms with van der Waals surface area (Å²) in [5.41, 5.74) is 1.45. The molecular formula is C13H19BrN2. The SMILES string of the molecule is CC1(NCc2ccc(Br)cn2)CCCCC1. The Labute approximate surface area is 106 Å². The maximum absolute atomic E-state index is 4.38. The second-order valence-corrected chi connectivity index (χ2v) is 5.86. The van der Waals surface area contributed by atoms with E-state index < -0.39 is 0 Å². The van der Waals surface area contributed by atoms with E-state index in [1.807, 2.05) is 12.3 Å². The van der Waals surface area contributed by atoms with Gasteiger partial charge in [-0.15, -0.1) is 0 Å². The van der Waals surface area contributed by atoms with Crippen molar-refractivity contribution >= 4 is 15.9 Å². The van der Waals surface area contributed by atoms with Gasteiger partial charge in [0.2, 0.25) is 0 Å². The molecule has 1 fully saturated rings. The summed E-state index contributed by atoms with van der Waals surface area (Å²) in [6.45, 7) is 3.22. The van der Waals surface area contributed by atoms with Crippen LogP contribution in [0.25, 0.3) is 0 Å². The van der Waals surface area contributed by atoms with Gasteiger partial charge in [-0.1, -0.05) is 19.3 Å². The molecule has 0 atom stereocenters. The molecule has 16 heavy (non-hydrogen) atoms. The van der Waals surface area contributed by atoms with E-state index in [-0.39, 0.29) is 0 Å². The van der Waals surface area contributed by atoms with E-state index in [4.69, 9.17) is 0 Å². The van der Waals surface area contributed by atoms with Crippen LogP contribution in [0.15, 0.2) is 22.8 Å². The largest absolute Gasteiger partial charge is 0.306 e. The highest BCUT2D eigenvalue weighted by Gasteiger charge is 2.25. The molecule has 1 saturated carbocycles. The zero-order chi connectivity index (χ0) is 11.4. The zero-order valence-corrected chi connectivity index (χ0v) is 11.4. The van der Waals surface area contributed by atoms with E-state index >= 15 is 0 Å². The number of pyridine rings is 1. The highest BCUT2D eigenvalue weighted by atomic mass is 79.9. The third-order valence-corrected chi connectivity index (χ3v) is 3.91. The number of nitrogens with one attached hydrogen (secondary N) is 1. The molecule has 0 bridgehead atoms. The van der Waals surface area contributed by atoms with Gasteiger partial charge in [-0.3, -0.25) is 4.98 Å². The van der Waals surface area contributed by atoms with Gasteiger partial charge in [0.25, 0.3) is 0 Å². The van der Waals surface area contributed by atoms with E-state index in [0.717, 1.165) is 16.7 Å². The van der Waals surface area contributed by atoms with Crippen LogP contribution in [0.5, 0.6) is 0 Å².